The van der Waals surface area contributed by atoms with Gasteiger partial charge in [-0.3, -0.25) is 9.59 Å². The van der Waals surface area contributed by atoms with E-state index in [4.69, 9.17) is 5.11 Å². The topological polar surface area (TPSA) is 84.2 Å². The molecule has 0 radical (unpaired) electrons. The van der Waals surface area contributed by atoms with Crippen LogP contribution in [0.4, 0.5) is 0 Å². The van der Waals surface area contributed by atoms with Crippen molar-refractivity contribution >= 4 is 5.91 Å². The van der Waals surface area contributed by atoms with Gasteiger partial charge in [-0.15, -0.1) is 0 Å². The van der Waals surface area contributed by atoms with Crippen molar-refractivity contribution in [1.29, 1.82) is 0 Å². The number of aromatic nitrogens is 2. The lowest BCUT2D eigenvalue weighted by Crippen LogP contribution is -2.32. The molecule has 0 aliphatic rings. The summed E-state index contributed by atoms with van der Waals surface area (Å²) in [5.74, 6) is -0.344. The summed E-state index contributed by atoms with van der Waals surface area (Å²) in [6.45, 7) is 4.42. The summed E-state index contributed by atoms with van der Waals surface area (Å²) in [5, 5.41) is 15.4. The molecule has 1 atom stereocenters. The van der Waals surface area contributed by atoms with Crippen molar-refractivity contribution < 1.29 is 9.90 Å². The molecule has 1 aromatic heterocycles. The number of nitrogens with one attached hydrogen (secondary N) is 1. The Morgan fingerprint density at radius 1 is 1.59 bits per heavy atom. The lowest BCUT2D eigenvalue weighted by molar-refractivity contribution is 0.0934. The second-order valence-corrected chi connectivity index (χ2v) is 3.87. The van der Waals surface area contributed by atoms with E-state index in [1.165, 1.54) is 16.8 Å². The molecule has 0 saturated carbocycles. The second-order valence-electron chi connectivity index (χ2n) is 3.87. The van der Waals surface area contributed by atoms with Gasteiger partial charge in [0.05, 0.1) is 0 Å². The van der Waals surface area contributed by atoms with E-state index in [0.29, 0.717) is 13.1 Å². The maximum absolute atomic E-state index is 11.7. The zero-order valence-corrected chi connectivity index (χ0v) is 10.0. The Bertz CT molecular complexity index is 442. The van der Waals surface area contributed by atoms with Crippen LogP contribution in [0.3, 0.4) is 0 Å². The van der Waals surface area contributed by atoms with Gasteiger partial charge in [0.2, 0.25) is 0 Å². The molecule has 0 spiro atoms. The van der Waals surface area contributed by atoms with Crippen molar-refractivity contribution in [2.45, 2.75) is 20.4 Å². The van der Waals surface area contributed by atoms with Gasteiger partial charge in [0.1, 0.15) is 5.69 Å². The van der Waals surface area contributed by atoms with E-state index in [0.717, 1.165) is 0 Å². The maximum Gasteiger partial charge on any atom is 0.271 e. The fourth-order valence-electron chi connectivity index (χ4n) is 1.22. The Morgan fingerprint density at radius 3 is 2.88 bits per heavy atom. The molecule has 1 amide bonds. The number of nitrogens with zero attached hydrogens (tertiary/aromatic N) is 2. The number of rotatable bonds is 5. The van der Waals surface area contributed by atoms with Crippen molar-refractivity contribution in [2.75, 3.05) is 13.2 Å². The van der Waals surface area contributed by atoms with E-state index < -0.39 is 0 Å². The quantitative estimate of drug-likeness (QED) is 0.733. The monoisotopic (exact) mass is 239 g/mol. The average molecular weight is 239 g/mol. The molecule has 0 saturated heterocycles. The predicted octanol–water partition coefficient (Wildman–Crippen LogP) is -0.379. The summed E-state index contributed by atoms with van der Waals surface area (Å²) in [5.41, 5.74) is -0.0237. The normalized spacial score (nSPS) is 12.2. The number of hydrogen-bond donors (Lipinski definition) is 2. The van der Waals surface area contributed by atoms with E-state index in [9.17, 15) is 9.59 Å². The third kappa shape index (κ3) is 3.67. The molecular weight excluding hydrogens is 222 g/mol. The van der Waals surface area contributed by atoms with Crippen LogP contribution in [0, 0.1) is 5.92 Å². The van der Waals surface area contributed by atoms with Crippen LogP contribution in [-0.2, 0) is 6.54 Å². The van der Waals surface area contributed by atoms with Crippen LogP contribution in [0.15, 0.2) is 16.9 Å². The maximum atomic E-state index is 11.7. The SMILES string of the molecule is CCn1nc(C(=O)NCC(C)CO)ccc1=O. The summed E-state index contributed by atoms with van der Waals surface area (Å²) in [7, 11) is 0. The predicted molar refractivity (Wildman–Crippen MR) is 62.8 cm³/mol. The molecule has 0 fully saturated rings. The highest BCUT2D eigenvalue weighted by atomic mass is 16.3. The highest BCUT2D eigenvalue weighted by Crippen LogP contribution is 1.93. The highest BCUT2D eigenvalue weighted by Gasteiger charge is 2.10. The summed E-state index contributed by atoms with van der Waals surface area (Å²) >= 11 is 0. The molecule has 0 aliphatic heterocycles. The van der Waals surface area contributed by atoms with Crippen molar-refractivity contribution in [2.24, 2.45) is 5.92 Å². The molecule has 6 nitrogen and oxygen atoms in total. The minimum absolute atomic E-state index is 0.00368. The van der Waals surface area contributed by atoms with Crippen molar-refractivity contribution in [3.05, 3.63) is 28.2 Å². The highest BCUT2D eigenvalue weighted by molar-refractivity contribution is 5.91. The number of amides is 1. The van der Waals surface area contributed by atoms with E-state index in [-0.39, 0.29) is 29.7 Å². The number of carbonyl (C=O) groups is 1. The Hall–Kier alpha value is -1.69. The Balaban J connectivity index is 2.72. The van der Waals surface area contributed by atoms with Gasteiger partial charge >= 0.3 is 0 Å². The van der Waals surface area contributed by atoms with Crippen LogP contribution in [0.1, 0.15) is 24.3 Å². The lowest BCUT2D eigenvalue weighted by Gasteiger charge is -2.09. The zero-order valence-electron chi connectivity index (χ0n) is 10.0. The number of carbonyl (C=O) groups excluding carboxylic acids is 1. The first-order chi connectivity index (χ1) is 8.08. The first-order valence-electron chi connectivity index (χ1n) is 5.55. The second kappa shape index (κ2) is 6.15. The van der Waals surface area contributed by atoms with Gasteiger partial charge in [0, 0.05) is 25.8 Å². The van der Waals surface area contributed by atoms with Crippen molar-refractivity contribution in [3.8, 4) is 0 Å². The smallest absolute Gasteiger partial charge is 0.271 e. The van der Waals surface area contributed by atoms with E-state index in [2.05, 4.69) is 10.4 Å². The summed E-state index contributed by atoms with van der Waals surface area (Å²) < 4.78 is 1.23. The van der Waals surface area contributed by atoms with Crippen LogP contribution in [0.25, 0.3) is 0 Å². The van der Waals surface area contributed by atoms with Crippen LogP contribution in [0.5, 0.6) is 0 Å². The summed E-state index contributed by atoms with van der Waals surface area (Å²) in [4.78, 5) is 22.9. The minimum atomic E-state index is -0.340. The third-order valence-electron chi connectivity index (χ3n) is 2.32. The van der Waals surface area contributed by atoms with Gasteiger partial charge < -0.3 is 10.4 Å². The van der Waals surface area contributed by atoms with E-state index >= 15 is 0 Å². The Morgan fingerprint density at radius 2 is 2.29 bits per heavy atom. The third-order valence-corrected chi connectivity index (χ3v) is 2.32. The van der Waals surface area contributed by atoms with Gasteiger partial charge in [-0.2, -0.15) is 5.10 Å². The van der Waals surface area contributed by atoms with Gasteiger partial charge in [0.15, 0.2) is 0 Å². The fraction of sp³-hybridized carbons (Fsp3) is 0.545. The molecule has 6 heteroatoms. The molecule has 0 aliphatic carbocycles. The molecule has 17 heavy (non-hydrogen) atoms. The van der Waals surface area contributed by atoms with Gasteiger partial charge in [-0.1, -0.05) is 6.92 Å². The summed E-state index contributed by atoms with van der Waals surface area (Å²) in [6.07, 6.45) is 0. The molecule has 1 heterocycles. The number of hydrogen-bond acceptors (Lipinski definition) is 4. The molecular formula is C11H17N3O3. The van der Waals surface area contributed by atoms with Gasteiger partial charge in [-0.05, 0) is 18.9 Å². The Labute approximate surface area is 99.3 Å². The first-order valence-corrected chi connectivity index (χ1v) is 5.55. The minimum Gasteiger partial charge on any atom is -0.396 e. The molecule has 2 N–H and O–H groups in total. The molecule has 1 rings (SSSR count). The van der Waals surface area contributed by atoms with E-state index in [1.807, 2.05) is 6.92 Å². The molecule has 1 unspecified atom stereocenters. The standard InChI is InChI=1S/C11H17N3O3/c1-3-14-10(16)5-4-9(13-14)11(17)12-6-8(2)7-15/h4-5,8,15H,3,6-7H2,1-2H3,(H,12,17). The number of aliphatic hydroxyl groups is 1. The van der Waals surface area contributed by atoms with Crippen molar-refractivity contribution in [1.82, 2.24) is 15.1 Å². The van der Waals surface area contributed by atoms with E-state index in [1.54, 1.807) is 6.92 Å². The van der Waals surface area contributed by atoms with Crippen LogP contribution in [-0.4, -0.2) is 33.9 Å². The molecule has 0 aromatic carbocycles. The number of aryl methyl sites for hydroxylation is 1. The van der Waals surface area contributed by atoms with Crippen LogP contribution < -0.4 is 10.9 Å². The van der Waals surface area contributed by atoms with Gasteiger partial charge in [-0.25, -0.2) is 4.68 Å². The zero-order chi connectivity index (χ0) is 12.8. The largest absolute Gasteiger partial charge is 0.396 e. The van der Waals surface area contributed by atoms with Crippen LogP contribution >= 0.6 is 0 Å². The summed E-state index contributed by atoms with van der Waals surface area (Å²) in [6, 6.07) is 2.72. The van der Waals surface area contributed by atoms with Crippen molar-refractivity contribution in [3.63, 3.8) is 0 Å². The molecule has 1 aromatic rings. The van der Waals surface area contributed by atoms with Gasteiger partial charge in [0.25, 0.3) is 11.5 Å². The molecule has 0 bridgehead atoms. The van der Waals surface area contributed by atoms with Crippen LogP contribution in [0.2, 0.25) is 0 Å². The lowest BCUT2D eigenvalue weighted by atomic mass is 10.2. The first kappa shape index (κ1) is 13.4. The number of aliphatic hydroxyl groups excluding tert-OH is 1. The Kier molecular flexibility index (Phi) is 4.84. The fourth-order valence-corrected chi connectivity index (χ4v) is 1.22. The average Bonchev–Trinajstić information content (AvgIpc) is 2.35. The molecule has 94 valence electrons.